The monoisotopic (exact) mass is 272 g/mol. The van der Waals surface area contributed by atoms with Gasteiger partial charge in [-0.1, -0.05) is 44.0 Å². The first-order chi connectivity index (χ1) is 8.70. The lowest BCUT2D eigenvalue weighted by Gasteiger charge is -2.11. The van der Waals surface area contributed by atoms with Gasteiger partial charge >= 0.3 is 0 Å². The van der Waals surface area contributed by atoms with Crippen molar-refractivity contribution < 1.29 is 13.9 Å². The van der Waals surface area contributed by atoms with Crippen molar-refractivity contribution in [3.8, 4) is 11.5 Å². The van der Waals surface area contributed by atoms with Gasteiger partial charge in [0.2, 0.25) is 0 Å². The summed E-state index contributed by atoms with van der Waals surface area (Å²) in [6.45, 7) is 6.40. The number of benzene rings is 1. The molecule has 18 heavy (non-hydrogen) atoms. The van der Waals surface area contributed by atoms with Gasteiger partial charge in [0.15, 0.2) is 11.6 Å². The fraction of sp³-hybridized carbons (Fsp3) is 0.429. The Labute approximate surface area is 112 Å². The first-order valence-electron chi connectivity index (χ1n) is 6.05. The largest absolute Gasteiger partial charge is 0.490 e. The third kappa shape index (κ3) is 4.22. The van der Waals surface area contributed by atoms with Crippen LogP contribution in [-0.4, -0.2) is 13.2 Å². The molecule has 1 aromatic rings. The summed E-state index contributed by atoms with van der Waals surface area (Å²) in [5.74, 6) is -0.105. The molecular formula is C14H18ClFO2. The maximum Gasteiger partial charge on any atom is 0.187 e. The maximum absolute atomic E-state index is 13.8. The van der Waals surface area contributed by atoms with Crippen LogP contribution in [0.1, 0.15) is 26.2 Å². The Hall–Kier alpha value is -1.22. The lowest BCUT2D eigenvalue weighted by molar-refractivity contribution is 0.289. The zero-order chi connectivity index (χ0) is 13.4. The highest BCUT2D eigenvalue weighted by molar-refractivity contribution is 6.32. The smallest absolute Gasteiger partial charge is 0.187 e. The van der Waals surface area contributed by atoms with Crippen LogP contribution in [0.4, 0.5) is 4.39 Å². The van der Waals surface area contributed by atoms with Crippen molar-refractivity contribution in [1.82, 2.24) is 0 Å². The second-order valence-electron chi connectivity index (χ2n) is 3.85. The summed E-state index contributed by atoms with van der Waals surface area (Å²) in [4.78, 5) is 0. The van der Waals surface area contributed by atoms with Gasteiger partial charge in [-0.15, -0.1) is 0 Å². The third-order valence-corrected chi connectivity index (χ3v) is 2.73. The number of hydrogen-bond donors (Lipinski definition) is 0. The Morgan fingerprint density at radius 2 is 2.00 bits per heavy atom. The van der Waals surface area contributed by atoms with E-state index in [9.17, 15) is 4.39 Å². The molecule has 0 saturated carbocycles. The number of unbranched alkanes of at least 4 members (excludes halogenated alkanes) is 2. The van der Waals surface area contributed by atoms with Crippen molar-refractivity contribution in [1.29, 1.82) is 0 Å². The van der Waals surface area contributed by atoms with E-state index >= 15 is 0 Å². The first kappa shape index (κ1) is 14.8. The molecule has 0 atom stereocenters. The Morgan fingerprint density at radius 3 is 2.67 bits per heavy atom. The molecule has 100 valence electrons. The molecule has 4 heteroatoms. The Morgan fingerprint density at radius 1 is 1.28 bits per heavy atom. The van der Waals surface area contributed by atoms with E-state index in [0.29, 0.717) is 12.4 Å². The zero-order valence-corrected chi connectivity index (χ0v) is 11.3. The summed E-state index contributed by atoms with van der Waals surface area (Å²) in [5.41, 5.74) is 0. The fourth-order valence-corrected chi connectivity index (χ4v) is 1.63. The van der Waals surface area contributed by atoms with Crippen LogP contribution in [0.5, 0.6) is 11.5 Å². The first-order valence-corrected chi connectivity index (χ1v) is 6.43. The Kier molecular flexibility index (Phi) is 6.58. The predicted octanol–water partition coefficient (Wildman–Crippen LogP) is 4.61. The maximum atomic E-state index is 13.8. The summed E-state index contributed by atoms with van der Waals surface area (Å²) in [6, 6.07) is 3.13. The van der Waals surface area contributed by atoms with Gasteiger partial charge in [0.05, 0.1) is 6.61 Å². The van der Waals surface area contributed by atoms with Crippen LogP contribution in [0.2, 0.25) is 5.02 Å². The van der Waals surface area contributed by atoms with Crippen LogP contribution < -0.4 is 9.47 Å². The summed E-state index contributed by atoms with van der Waals surface area (Å²) in [6.07, 6.45) is 4.64. The molecule has 0 saturated heterocycles. The van der Waals surface area contributed by atoms with Crippen molar-refractivity contribution in [3.05, 3.63) is 35.6 Å². The van der Waals surface area contributed by atoms with Crippen LogP contribution in [0.25, 0.3) is 0 Å². The van der Waals surface area contributed by atoms with Gasteiger partial charge in [-0.2, -0.15) is 0 Å². The summed E-state index contributed by atoms with van der Waals surface area (Å²) >= 11 is 5.86. The van der Waals surface area contributed by atoms with E-state index in [1.165, 1.54) is 6.07 Å². The second kappa shape index (κ2) is 7.98. The minimum absolute atomic E-state index is 0.0511. The highest BCUT2D eigenvalue weighted by atomic mass is 35.5. The van der Waals surface area contributed by atoms with Crippen LogP contribution in [0.3, 0.4) is 0 Å². The third-order valence-electron chi connectivity index (χ3n) is 2.37. The molecule has 0 bridgehead atoms. The summed E-state index contributed by atoms with van der Waals surface area (Å²) in [5, 5.41) is -0.0511. The molecule has 0 N–H and O–H groups in total. The molecule has 1 rings (SSSR count). The van der Waals surface area contributed by atoms with Gasteiger partial charge < -0.3 is 9.47 Å². The lowest BCUT2D eigenvalue weighted by Crippen LogP contribution is -2.01. The molecule has 0 aliphatic carbocycles. The molecular weight excluding hydrogens is 255 g/mol. The van der Waals surface area contributed by atoms with E-state index in [0.717, 1.165) is 19.3 Å². The molecule has 0 radical (unpaired) electrons. The zero-order valence-electron chi connectivity index (χ0n) is 10.5. The lowest BCUT2D eigenvalue weighted by atomic mass is 10.2. The Bertz CT molecular complexity index is 394. The van der Waals surface area contributed by atoms with Crippen LogP contribution in [-0.2, 0) is 0 Å². The van der Waals surface area contributed by atoms with Crippen LogP contribution in [0.15, 0.2) is 24.8 Å². The van der Waals surface area contributed by atoms with E-state index in [2.05, 4.69) is 13.5 Å². The minimum atomic E-state index is -0.574. The van der Waals surface area contributed by atoms with Gasteiger partial charge in [-0.05, 0) is 18.6 Å². The molecule has 0 aliphatic heterocycles. The van der Waals surface area contributed by atoms with Gasteiger partial charge in [0.1, 0.15) is 17.4 Å². The van der Waals surface area contributed by atoms with E-state index in [-0.39, 0.29) is 17.4 Å². The average Bonchev–Trinajstić information content (AvgIpc) is 2.38. The molecule has 2 nitrogen and oxygen atoms in total. The van der Waals surface area contributed by atoms with Crippen LogP contribution in [0, 0.1) is 5.82 Å². The van der Waals surface area contributed by atoms with Crippen molar-refractivity contribution in [2.45, 2.75) is 26.2 Å². The Balaban J connectivity index is 2.65. The van der Waals surface area contributed by atoms with Crippen molar-refractivity contribution >= 4 is 11.6 Å². The number of rotatable bonds is 8. The molecule has 0 aromatic heterocycles. The van der Waals surface area contributed by atoms with Gasteiger partial charge in [0, 0.05) is 0 Å². The molecule has 0 heterocycles. The number of halogens is 2. The number of hydrogen-bond acceptors (Lipinski definition) is 2. The summed E-state index contributed by atoms with van der Waals surface area (Å²) < 4.78 is 24.4. The molecule has 0 aliphatic rings. The molecule has 0 fully saturated rings. The van der Waals surface area contributed by atoms with Gasteiger partial charge in [-0.25, -0.2) is 4.39 Å². The quantitative estimate of drug-likeness (QED) is 0.508. The fourth-order valence-electron chi connectivity index (χ4n) is 1.42. The minimum Gasteiger partial charge on any atom is -0.490 e. The average molecular weight is 273 g/mol. The van der Waals surface area contributed by atoms with Gasteiger partial charge in [0.25, 0.3) is 0 Å². The van der Waals surface area contributed by atoms with Crippen LogP contribution >= 0.6 is 11.6 Å². The van der Waals surface area contributed by atoms with E-state index in [4.69, 9.17) is 21.1 Å². The predicted molar refractivity (Wildman–Crippen MR) is 72.1 cm³/mol. The van der Waals surface area contributed by atoms with Crippen molar-refractivity contribution in [2.75, 3.05) is 13.2 Å². The van der Waals surface area contributed by atoms with Gasteiger partial charge in [-0.3, -0.25) is 0 Å². The van der Waals surface area contributed by atoms with Crippen molar-refractivity contribution in [2.24, 2.45) is 0 Å². The SMILES string of the molecule is C=CCOc1ccc(OCCCCC)c(F)c1Cl. The van der Waals surface area contributed by atoms with E-state index in [1.54, 1.807) is 12.1 Å². The van der Waals surface area contributed by atoms with Crippen molar-refractivity contribution in [3.63, 3.8) is 0 Å². The molecule has 0 unspecified atom stereocenters. The molecule has 0 amide bonds. The summed E-state index contributed by atoms with van der Waals surface area (Å²) in [7, 11) is 0. The molecule has 1 aromatic carbocycles. The normalized spacial score (nSPS) is 10.2. The highest BCUT2D eigenvalue weighted by Crippen LogP contribution is 2.33. The van der Waals surface area contributed by atoms with E-state index < -0.39 is 5.82 Å². The highest BCUT2D eigenvalue weighted by Gasteiger charge is 2.13. The number of ether oxygens (including phenoxy) is 2. The topological polar surface area (TPSA) is 18.5 Å². The molecule has 0 spiro atoms. The second-order valence-corrected chi connectivity index (χ2v) is 4.22. The van der Waals surface area contributed by atoms with E-state index in [1.807, 2.05) is 0 Å². The standard InChI is InChI=1S/C14H18ClFO2/c1-3-5-6-10-18-12-8-7-11(17-9-4-2)13(15)14(12)16/h4,7-8H,2-3,5-6,9-10H2,1H3.